The van der Waals surface area contributed by atoms with Gasteiger partial charge < -0.3 is 15.0 Å². The van der Waals surface area contributed by atoms with Gasteiger partial charge in [-0.05, 0) is 83.0 Å². The van der Waals surface area contributed by atoms with Crippen molar-refractivity contribution in [2.24, 2.45) is 0 Å². The van der Waals surface area contributed by atoms with Crippen molar-refractivity contribution in [2.45, 2.75) is 64.6 Å². The summed E-state index contributed by atoms with van der Waals surface area (Å²) in [5.41, 5.74) is 2.27. The molecule has 0 heterocycles. The molecule has 0 aliphatic carbocycles. The van der Waals surface area contributed by atoms with E-state index in [1.54, 1.807) is 63.4 Å². The van der Waals surface area contributed by atoms with Gasteiger partial charge in [0.25, 0.3) is 10.0 Å². The van der Waals surface area contributed by atoms with Gasteiger partial charge in [0, 0.05) is 12.1 Å². The van der Waals surface area contributed by atoms with Crippen molar-refractivity contribution in [3.8, 4) is 5.75 Å². The van der Waals surface area contributed by atoms with Crippen molar-refractivity contribution < 1.29 is 22.7 Å². The minimum Gasteiger partial charge on any atom is -0.497 e. The zero-order valence-corrected chi connectivity index (χ0v) is 25.1. The number of para-hydroxylation sites is 1. The van der Waals surface area contributed by atoms with Gasteiger partial charge in [-0.3, -0.25) is 13.9 Å². The van der Waals surface area contributed by atoms with Crippen molar-refractivity contribution in [3.63, 3.8) is 0 Å². The van der Waals surface area contributed by atoms with Gasteiger partial charge >= 0.3 is 0 Å². The van der Waals surface area contributed by atoms with Gasteiger partial charge in [0.1, 0.15) is 18.3 Å². The Balaban J connectivity index is 2.04. The average Bonchev–Trinajstić information content (AvgIpc) is 2.90. The summed E-state index contributed by atoms with van der Waals surface area (Å²) in [7, 11) is -2.54. The summed E-state index contributed by atoms with van der Waals surface area (Å²) in [4.78, 5) is 28.7. The van der Waals surface area contributed by atoms with E-state index in [1.165, 1.54) is 17.0 Å². The molecule has 3 aromatic rings. The summed E-state index contributed by atoms with van der Waals surface area (Å²) >= 11 is 0. The largest absolute Gasteiger partial charge is 0.497 e. The predicted molar refractivity (Wildman–Crippen MR) is 158 cm³/mol. The molecule has 214 valence electrons. The summed E-state index contributed by atoms with van der Waals surface area (Å²) in [6.07, 6.45) is 0. The Hall–Kier alpha value is -3.85. The first-order valence-electron chi connectivity index (χ1n) is 13.1. The van der Waals surface area contributed by atoms with Gasteiger partial charge in [-0.2, -0.15) is 0 Å². The lowest BCUT2D eigenvalue weighted by atomic mass is 10.1. The highest BCUT2D eigenvalue weighted by molar-refractivity contribution is 7.92. The smallest absolute Gasteiger partial charge is 0.264 e. The van der Waals surface area contributed by atoms with Crippen LogP contribution in [0.25, 0.3) is 0 Å². The number of nitrogens with zero attached hydrogens (tertiary/aromatic N) is 2. The zero-order chi connectivity index (χ0) is 29.7. The predicted octanol–water partition coefficient (Wildman–Crippen LogP) is 4.84. The van der Waals surface area contributed by atoms with Crippen molar-refractivity contribution in [3.05, 3.63) is 89.5 Å². The molecule has 3 rings (SSSR count). The Morgan fingerprint density at radius 2 is 1.52 bits per heavy atom. The molecule has 0 saturated carbocycles. The van der Waals surface area contributed by atoms with Crippen LogP contribution in [0.15, 0.2) is 77.7 Å². The van der Waals surface area contributed by atoms with Gasteiger partial charge in [0.2, 0.25) is 11.8 Å². The van der Waals surface area contributed by atoms with E-state index in [4.69, 9.17) is 4.74 Å². The average molecular weight is 566 g/mol. The lowest BCUT2D eigenvalue weighted by molar-refractivity contribution is -0.140. The quantitative estimate of drug-likeness (QED) is 0.380. The van der Waals surface area contributed by atoms with Crippen molar-refractivity contribution in [1.82, 2.24) is 10.2 Å². The maximum Gasteiger partial charge on any atom is 0.264 e. The molecular formula is C31H39N3O5S. The Labute approximate surface area is 238 Å². The lowest BCUT2D eigenvalue weighted by Gasteiger charge is -2.33. The van der Waals surface area contributed by atoms with Crippen LogP contribution >= 0.6 is 0 Å². The fourth-order valence-corrected chi connectivity index (χ4v) is 5.66. The Morgan fingerprint density at radius 1 is 0.925 bits per heavy atom. The topological polar surface area (TPSA) is 96.0 Å². The molecule has 0 aromatic heterocycles. The fourth-order valence-electron chi connectivity index (χ4n) is 4.18. The molecule has 40 heavy (non-hydrogen) atoms. The van der Waals surface area contributed by atoms with Gasteiger partial charge in [-0.15, -0.1) is 0 Å². The number of ether oxygens (including phenoxy) is 1. The number of hydrogen-bond donors (Lipinski definition) is 1. The molecule has 2 amide bonds. The molecule has 0 saturated heterocycles. The van der Waals surface area contributed by atoms with Crippen molar-refractivity contribution in [2.75, 3.05) is 18.0 Å². The summed E-state index contributed by atoms with van der Waals surface area (Å²) in [6.45, 7) is 10.5. The molecule has 0 spiro atoms. The molecule has 0 aliphatic heterocycles. The zero-order valence-electron chi connectivity index (χ0n) is 24.3. The number of aryl methyl sites for hydroxylation is 2. The second-order valence-electron chi connectivity index (χ2n) is 10.9. The molecule has 9 heteroatoms. The van der Waals surface area contributed by atoms with Crippen LogP contribution in [0.1, 0.15) is 44.4 Å². The molecule has 0 unspecified atom stereocenters. The summed E-state index contributed by atoms with van der Waals surface area (Å²) in [6, 6.07) is 19.9. The van der Waals surface area contributed by atoms with Crippen LogP contribution in [0.4, 0.5) is 5.69 Å². The van der Waals surface area contributed by atoms with E-state index in [9.17, 15) is 18.0 Å². The molecule has 0 bridgehead atoms. The number of anilines is 1. The van der Waals surface area contributed by atoms with Crippen LogP contribution in [0.5, 0.6) is 5.75 Å². The molecule has 1 atom stereocenters. The Bertz CT molecular complexity index is 1430. The van der Waals surface area contributed by atoms with Crippen molar-refractivity contribution in [1.29, 1.82) is 0 Å². The van der Waals surface area contributed by atoms with E-state index in [0.717, 1.165) is 15.4 Å². The second-order valence-corrected chi connectivity index (χ2v) is 12.8. The van der Waals surface area contributed by atoms with Crippen LogP contribution in [0, 0.1) is 13.8 Å². The highest BCUT2D eigenvalue weighted by atomic mass is 32.2. The standard InChI is InChI=1S/C31H39N3O5S/c1-22-12-18-27(19-13-22)40(37,38)34(28-11-9-8-10-23(28)2)21-29(35)33(24(3)30(36)32-31(4,5)6)20-25-14-16-26(39-7)17-15-25/h8-19,24H,20-21H2,1-7H3,(H,32,36)/t24-/m0/s1. The third kappa shape index (κ3) is 7.63. The fraction of sp³-hybridized carbons (Fsp3) is 0.355. The van der Waals surface area contributed by atoms with Crippen LogP contribution in [0.3, 0.4) is 0 Å². The number of carbonyl (C=O) groups excluding carboxylic acids is 2. The number of hydrogen-bond acceptors (Lipinski definition) is 5. The van der Waals surface area contributed by atoms with Gasteiger partial charge in [0.05, 0.1) is 17.7 Å². The van der Waals surface area contributed by atoms with Crippen LogP contribution < -0.4 is 14.4 Å². The van der Waals surface area contributed by atoms with Crippen LogP contribution in [0.2, 0.25) is 0 Å². The number of rotatable bonds is 10. The molecular weight excluding hydrogens is 526 g/mol. The maximum atomic E-state index is 14.0. The second kappa shape index (κ2) is 12.6. The number of benzene rings is 3. The third-order valence-corrected chi connectivity index (χ3v) is 8.22. The Kier molecular flexibility index (Phi) is 9.63. The molecule has 0 fully saturated rings. The SMILES string of the molecule is COc1ccc(CN(C(=O)CN(c2ccccc2C)S(=O)(=O)c2ccc(C)cc2)[C@@H](C)C(=O)NC(C)(C)C)cc1. The number of methoxy groups -OCH3 is 1. The third-order valence-electron chi connectivity index (χ3n) is 6.45. The maximum absolute atomic E-state index is 14.0. The van der Waals surface area contributed by atoms with E-state index >= 15 is 0 Å². The van der Waals surface area contributed by atoms with Gasteiger partial charge in [0.15, 0.2) is 0 Å². The molecule has 8 nitrogen and oxygen atoms in total. The molecule has 0 aliphatic rings. The van der Waals surface area contributed by atoms with E-state index in [-0.39, 0.29) is 17.3 Å². The normalized spacial score (nSPS) is 12.4. The van der Waals surface area contributed by atoms with E-state index in [1.807, 2.05) is 45.9 Å². The monoisotopic (exact) mass is 565 g/mol. The van der Waals surface area contributed by atoms with E-state index in [0.29, 0.717) is 17.0 Å². The van der Waals surface area contributed by atoms with E-state index < -0.39 is 34.1 Å². The minimum atomic E-state index is -4.11. The minimum absolute atomic E-state index is 0.0781. The summed E-state index contributed by atoms with van der Waals surface area (Å²) in [5, 5.41) is 2.93. The summed E-state index contributed by atoms with van der Waals surface area (Å²) in [5.74, 6) is -0.181. The lowest BCUT2D eigenvalue weighted by Crippen LogP contribution is -2.54. The number of carbonyl (C=O) groups is 2. The van der Waals surface area contributed by atoms with Gasteiger partial charge in [-0.25, -0.2) is 8.42 Å². The highest BCUT2D eigenvalue weighted by Crippen LogP contribution is 2.27. The van der Waals surface area contributed by atoms with Crippen molar-refractivity contribution >= 4 is 27.5 Å². The first-order valence-corrected chi connectivity index (χ1v) is 14.6. The van der Waals surface area contributed by atoms with Crippen LogP contribution in [-0.4, -0.2) is 50.4 Å². The molecule has 1 N–H and O–H groups in total. The van der Waals surface area contributed by atoms with E-state index in [2.05, 4.69) is 5.32 Å². The van der Waals surface area contributed by atoms with Crippen LogP contribution in [-0.2, 0) is 26.2 Å². The summed E-state index contributed by atoms with van der Waals surface area (Å²) < 4.78 is 34.2. The molecule has 3 aromatic carbocycles. The number of sulfonamides is 1. The van der Waals surface area contributed by atoms with Gasteiger partial charge in [-0.1, -0.05) is 48.0 Å². The highest BCUT2D eigenvalue weighted by Gasteiger charge is 2.33. The first kappa shape index (κ1) is 30.7. The first-order chi connectivity index (χ1) is 18.7. The Morgan fingerprint density at radius 3 is 2.08 bits per heavy atom. The number of amides is 2. The molecule has 0 radical (unpaired) electrons. The number of nitrogens with one attached hydrogen (secondary N) is 1.